The molecule has 0 fully saturated rings. The minimum atomic E-state index is 0.287. The van der Waals surface area contributed by atoms with Crippen LogP contribution in [0.25, 0.3) is 0 Å². The highest BCUT2D eigenvalue weighted by Crippen LogP contribution is 2.38. The predicted molar refractivity (Wildman–Crippen MR) is 71.3 cm³/mol. The minimum absolute atomic E-state index is 0.287. The molecule has 0 unspecified atom stereocenters. The maximum absolute atomic E-state index is 2.37. The van der Waals surface area contributed by atoms with Gasteiger partial charge in [-0.05, 0) is 52.8 Å². The average Bonchev–Trinajstić information content (AvgIpc) is 2.61. The Balaban J connectivity index is 2.65. The zero-order chi connectivity index (χ0) is 11.9. The second-order valence-corrected chi connectivity index (χ2v) is 6.43. The molecule has 1 aliphatic carbocycles. The average molecular weight is 216 g/mol. The smallest absolute Gasteiger partial charge is 0.0126 e. The molecule has 1 aliphatic rings. The van der Waals surface area contributed by atoms with Gasteiger partial charge >= 0.3 is 0 Å². The largest absolute Gasteiger partial charge is 0.0587 e. The first-order valence-corrected chi connectivity index (χ1v) is 6.56. The molecule has 0 spiro atoms. The summed E-state index contributed by atoms with van der Waals surface area (Å²) in [5.41, 5.74) is 6.76. The maximum atomic E-state index is 2.37. The number of fused-ring (bicyclic) bond motifs is 1. The summed E-state index contributed by atoms with van der Waals surface area (Å²) in [6, 6.07) is 4.74. The molecule has 1 aromatic carbocycles. The first-order valence-electron chi connectivity index (χ1n) is 6.56. The molecule has 88 valence electrons. The van der Waals surface area contributed by atoms with Crippen LogP contribution < -0.4 is 0 Å². The van der Waals surface area contributed by atoms with Crippen LogP contribution in [-0.2, 0) is 18.3 Å². The highest BCUT2D eigenvalue weighted by molar-refractivity contribution is 5.48. The number of aryl methyl sites for hydroxylation is 1. The third-order valence-electron chi connectivity index (χ3n) is 3.69. The van der Waals surface area contributed by atoms with Gasteiger partial charge in [0, 0.05) is 0 Å². The van der Waals surface area contributed by atoms with E-state index in [0.717, 1.165) is 0 Å². The summed E-state index contributed by atoms with van der Waals surface area (Å²) in [6.07, 6.45) is 3.93. The molecular weight excluding hydrogens is 192 g/mol. The molecule has 0 atom stereocenters. The standard InChI is InChI=1S/C16H24/c1-11(2)13-10-9-12-7-6-8-14(12)15(13)16(3,4)5/h9-11H,6-8H2,1-5H3. The van der Waals surface area contributed by atoms with Gasteiger partial charge in [-0.1, -0.05) is 46.8 Å². The first-order chi connectivity index (χ1) is 7.41. The second kappa shape index (κ2) is 3.91. The van der Waals surface area contributed by atoms with Crippen LogP contribution >= 0.6 is 0 Å². The Hall–Kier alpha value is -0.780. The molecule has 0 amide bonds. The minimum Gasteiger partial charge on any atom is -0.0587 e. The number of hydrogen-bond acceptors (Lipinski definition) is 0. The van der Waals surface area contributed by atoms with Crippen LogP contribution in [0.4, 0.5) is 0 Å². The van der Waals surface area contributed by atoms with Crippen molar-refractivity contribution in [1.29, 1.82) is 0 Å². The zero-order valence-corrected chi connectivity index (χ0v) is 11.4. The molecule has 0 heterocycles. The van der Waals surface area contributed by atoms with Crippen LogP contribution in [0, 0.1) is 0 Å². The van der Waals surface area contributed by atoms with Crippen molar-refractivity contribution in [1.82, 2.24) is 0 Å². The molecule has 0 heteroatoms. The third-order valence-corrected chi connectivity index (χ3v) is 3.69. The summed E-state index contributed by atoms with van der Waals surface area (Å²) in [6.45, 7) is 11.7. The lowest BCUT2D eigenvalue weighted by atomic mass is 9.77. The van der Waals surface area contributed by atoms with Crippen LogP contribution in [0.3, 0.4) is 0 Å². The Morgan fingerprint density at radius 3 is 2.31 bits per heavy atom. The Morgan fingerprint density at radius 2 is 1.75 bits per heavy atom. The van der Waals surface area contributed by atoms with Crippen LogP contribution in [0.5, 0.6) is 0 Å². The normalized spacial score (nSPS) is 15.6. The van der Waals surface area contributed by atoms with Crippen molar-refractivity contribution in [2.75, 3.05) is 0 Å². The van der Waals surface area contributed by atoms with Crippen molar-refractivity contribution < 1.29 is 0 Å². The molecule has 0 nitrogen and oxygen atoms in total. The Kier molecular flexibility index (Phi) is 2.86. The molecule has 0 aliphatic heterocycles. The summed E-state index contributed by atoms with van der Waals surface area (Å²) >= 11 is 0. The van der Waals surface area contributed by atoms with E-state index in [2.05, 4.69) is 46.8 Å². The molecule has 2 rings (SSSR count). The number of benzene rings is 1. The van der Waals surface area contributed by atoms with E-state index in [0.29, 0.717) is 5.92 Å². The van der Waals surface area contributed by atoms with Crippen molar-refractivity contribution in [3.05, 3.63) is 34.4 Å². The lowest BCUT2D eigenvalue weighted by Crippen LogP contribution is -2.18. The number of rotatable bonds is 1. The van der Waals surface area contributed by atoms with Gasteiger partial charge < -0.3 is 0 Å². The van der Waals surface area contributed by atoms with Crippen LogP contribution in [0.1, 0.15) is 69.2 Å². The van der Waals surface area contributed by atoms with Gasteiger partial charge in [0.2, 0.25) is 0 Å². The second-order valence-electron chi connectivity index (χ2n) is 6.43. The summed E-state index contributed by atoms with van der Waals surface area (Å²) < 4.78 is 0. The molecule has 1 aromatic rings. The van der Waals surface area contributed by atoms with Crippen molar-refractivity contribution >= 4 is 0 Å². The van der Waals surface area contributed by atoms with E-state index in [1.165, 1.54) is 19.3 Å². The molecule has 0 saturated carbocycles. The monoisotopic (exact) mass is 216 g/mol. The van der Waals surface area contributed by atoms with Gasteiger partial charge in [-0.15, -0.1) is 0 Å². The highest BCUT2D eigenvalue weighted by Gasteiger charge is 2.26. The topological polar surface area (TPSA) is 0 Å². The van der Waals surface area contributed by atoms with Crippen molar-refractivity contribution in [3.8, 4) is 0 Å². The van der Waals surface area contributed by atoms with E-state index in [1.54, 1.807) is 22.3 Å². The Labute approximate surface area is 100 Å². The fourth-order valence-electron chi connectivity index (χ4n) is 3.05. The molecule has 0 bridgehead atoms. The van der Waals surface area contributed by atoms with Gasteiger partial charge in [-0.3, -0.25) is 0 Å². The van der Waals surface area contributed by atoms with E-state index in [1.807, 2.05) is 0 Å². The maximum Gasteiger partial charge on any atom is -0.0126 e. The molecular formula is C16H24. The van der Waals surface area contributed by atoms with Gasteiger partial charge in [-0.2, -0.15) is 0 Å². The SMILES string of the molecule is CC(C)c1ccc2c(c1C(C)(C)C)CCC2. The quantitative estimate of drug-likeness (QED) is 0.644. The van der Waals surface area contributed by atoms with Gasteiger partial charge in [0.15, 0.2) is 0 Å². The summed E-state index contributed by atoms with van der Waals surface area (Å²) in [5.74, 6) is 0.639. The van der Waals surface area contributed by atoms with E-state index >= 15 is 0 Å². The van der Waals surface area contributed by atoms with Crippen molar-refractivity contribution in [2.45, 2.75) is 65.2 Å². The lowest BCUT2D eigenvalue weighted by Gasteiger charge is -2.28. The molecule has 0 radical (unpaired) electrons. The van der Waals surface area contributed by atoms with Gasteiger partial charge in [0.1, 0.15) is 0 Å². The Bertz CT molecular complexity index is 391. The van der Waals surface area contributed by atoms with E-state index < -0.39 is 0 Å². The molecule has 0 N–H and O–H groups in total. The summed E-state index contributed by atoms with van der Waals surface area (Å²) in [4.78, 5) is 0. The first kappa shape index (κ1) is 11.7. The molecule has 0 aromatic heterocycles. The van der Waals surface area contributed by atoms with Crippen LogP contribution in [0.2, 0.25) is 0 Å². The van der Waals surface area contributed by atoms with Gasteiger partial charge in [0.25, 0.3) is 0 Å². The number of hydrogen-bond donors (Lipinski definition) is 0. The fraction of sp³-hybridized carbons (Fsp3) is 0.625. The van der Waals surface area contributed by atoms with Crippen molar-refractivity contribution in [3.63, 3.8) is 0 Å². The van der Waals surface area contributed by atoms with Gasteiger partial charge in [-0.25, -0.2) is 0 Å². The zero-order valence-electron chi connectivity index (χ0n) is 11.4. The molecule has 0 saturated heterocycles. The van der Waals surface area contributed by atoms with E-state index in [-0.39, 0.29) is 5.41 Å². The lowest BCUT2D eigenvalue weighted by molar-refractivity contribution is 0.570. The van der Waals surface area contributed by atoms with Crippen LogP contribution in [0.15, 0.2) is 12.1 Å². The predicted octanol–water partition coefficient (Wildman–Crippen LogP) is 4.60. The summed E-state index contributed by atoms with van der Waals surface area (Å²) in [5, 5.41) is 0. The van der Waals surface area contributed by atoms with Crippen molar-refractivity contribution in [2.24, 2.45) is 0 Å². The summed E-state index contributed by atoms with van der Waals surface area (Å²) in [7, 11) is 0. The van der Waals surface area contributed by atoms with E-state index in [9.17, 15) is 0 Å². The third kappa shape index (κ3) is 1.90. The van der Waals surface area contributed by atoms with E-state index in [4.69, 9.17) is 0 Å². The fourth-order valence-corrected chi connectivity index (χ4v) is 3.05. The van der Waals surface area contributed by atoms with Crippen LogP contribution in [-0.4, -0.2) is 0 Å². The highest BCUT2D eigenvalue weighted by atomic mass is 14.3. The van der Waals surface area contributed by atoms with Gasteiger partial charge in [0.05, 0.1) is 0 Å². The molecule has 16 heavy (non-hydrogen) atoms. The Morgan fingerprint density at radius 1 is 1.06 bits per heavy atom.